The maximum absolute atomic E-state index is 14.1. The van der Waals surface area contributed by atoms with Crippen molar-refractivity contribution < 1.29 is 23.8 Å². The highest BCUT2D eigenvalue weighted by molar-refractivity contribution is 5.87. The van der Waals surface area contributed by atoms with Gasteiger partial charge in [-0.1, -0.05) is 12.1 Å². The van der Waals surface area contributed by atoms with Gasteiger partial charge in [0, 0.05) is 51.6 Å². The van der Waals surface area contributed by atoms with E-state index in [0.29, 0.717) is 63.7 Å². The van der Waals surface area contributed by atoms with Crippen molar-refractivity contribution in [1.82, 2.24) is 34.4 Å². The summed E-state index contributed by atoms with van der Waals surface area (Å²) in [5, 5.41) is 5.55. The quantitative estimate of drug-likeness (QED) is 0.239. The van der Waals surface area contributed by atoms with Crippen LogP contribution in [0.3, 0.4) is 0 Å². The number of carbonyl (C=O) groups excluding carboxylic acids is 2. The Morgan fingerprint density at radius 1 is 0.923 bits per heavy atom. The van der Waals surface area contributed by atoms with Gasteiger partial charge >= 0.3 is 0 Å². The Morgan fingerprint density at radius 2 is 1.67 bits per heavy atom. The van der Waals surface area contributed by atoms with Gasteiger partial charge in [-0.2, -0.15) is 5.10 Å². The van der Waals surface area contributed by atoms with Crippen LogP contribution < -0.4 is 19.1 Å². The van der Waals surface area contributed by atoms with Crippen molar-refractivity contribution in [2.45, 2.75) is 50.6 Å². The van der Waals surface area contributed by atoms with Crippen molar-refractivity contribution in [3.63, 3.8) is 0 Å². The number of aromatic nitrogens is 4. The van der Waals surface area contributed by atoms with Crippen LogP contribution in [0.15, 0.2) is 48.9 Å². The van der Waals surface area contributed by atoms with Crippen LogP contribution in [0.5, 0.6) is 17.2 Å². The van der Waals surface area contributed by atoms with Crippen molar-refractivity contribution in [3.05, 3.63) is 65.6 Å². The lowest BCUT2D eigenvalue weighted by Crippen LogP contribution is -2.56. The number of fused-ring (bicyclic) bond motifs is 3. The Balaban J connectivity index is 1.03. The molecule has 2 fully saturated rings. The molecule has 0 radical (unpaired) electrons. The molecule has 0 atom stereocenters. The highest BCUT2D eigenvalue weighted by atomic mass is 16.5. The fourth-order valence-electron chi connectivity index (χ4n) is 8.44. The minimum absolute atomic E-state index is 0.0815. The molecule has 4 aromatic rings. The summed E-state index contributed by atoms with van der Waals surface area (Å²) in [4.78, 5) is 45.5. The number of nitrogens with zero attached hydrogens (tertiary/aromatic N) is 8. The van der Waals surface area contributed by atoms with E-state index in [1.54, 1.807) is 27.7 Å². The van der Waals surface area contributed by atoms with Gasteiger partial charge in [-0.05, 0) is 87.2 Å². The zero-order valence-electron chi connectivity index (χ0n) is 31.0. The standard InChI is InChI=1S/C39H50N8O5/c1-43(2)15-12-35(48)46-16-11-29-22-33(51-4)34(52-5)23-32(29)39(46)13-9-28(10-14-39)38(49)45-19-17-44(18-20-45)36-31-24-42-47(37(31)41-26-40-36)25-27-7-6-8-30(21-27)50-3/h6-8,21-24,26,28H,9-20,25H2,1-5H3/t28-,39-. The molecule has 276 valence electrons. The zero-order chi connectivity index (χ0) is 36.4. The normalized spacial score (nSPS) is 20.3. The molecule has 7 rings (SSSR count). The van der Waals surface area contributed by atoms with E-state index in [2.05, 4.69) is 41.9 Å². The maximum Gasteiger partial charge on any atom is 0.225 e. The van der Waals surface area contributed by atoms with Crippen molar-refractivity contribution in [3.8, 4) is 17.2 Å². The molecule has 0 N–H and O–H groups in total. The van der Waals surface area contributed by atoms with Crippen LogP contribution >= 0.6 is 0 Å². The number of hydrogen-bond acceptors (Lipinski definition) is 10. The Bertz CT molecular complexity index is 1910. The summed E-state index contributed by atoms with van der Waals surface area (Å²) < 4.78 is 18.7. The molecule has 0 bridgehead atoms. The lowest BCUT2D eigenvalue weighted by Gasteiger charge is -2.52. The van der Waals surface area contributed by atoms with E-state index in [1.807, 2.05) is 54.1 Å². The van der Waals surface area contributed by atoms with E-state index in [1.165, 1.54) is 5.56 Å². The molecule has 1 aliphatic carbocycles. The number of benzene rings is 2. The highest BCUT2D eigenvalue weighted by Gasteiger charge is 2.49. The van der Waals surface area contributed by atoms with Gasteiger partial charge in [-0.3, -0.25) is 9.59 Å². The average Bonchev–Trinajstić information content (AvgIpc) is 3.59. The summed E-state index contributed by atoms with van der Waals surface area (Å²) in [5.74, 6) is 3.32. The lowest BCUT2D eigenvalue weighted by atomic mass is 9.68. The molecule has 52 heavy (non-hydrogen) atoms. The number of amides is 2. The molecule has 13 heteroatoms. The van der Waals surface area contributed by atoms with Crippen LogP contribution in [0.2, 0.25) is 0 Å². The molecule has 2 aliphatic heterocycles. The van der Waals surface area contributed by atoms with E-state index in [0.717, 1.165) is 65.8 Å². The molecule has 1 saturated carbocycles. The van der Waals surface area contributed by atoms with Crippen molar-refractivity contribution in [2.24, 2.45) is 5.92 Å². The minimum atomic E-state index is -0.471. The Hall–Kier alpha value is -4.91. The molecule has 0 unspecified atom stereocenters. The molecule has 1 saturated heterocycles. The predicted molar refractivity (Wildman–Crippen MR) is 198 cm³/mol. The van der Waals surface area contributed by atoms with E-state index < -0.39 is 5.54 Å². The molecule has 1 spiro atoms. The fourth-order valence-corrected chi connectivity index (χ4v) is 8.44. The molecule has 13 nitrogen and oxygen atoms in total. The first-order valence-corrected chi connectivity index (χ1v) is 18.3. The van der Waals surface area contributed by atoms with Gasteiger partial charge in [-0.25, -0.2) is 14.6 Å². The first-order chi connectivity index (χ1) is 25.2. The Labute approximate surface area is 305 Å². The Kier molecular flexibility index (Phi) is 10.2. The van der Waals surface area contributed by atoms with Crippen molar-refractivity contribution >= 4 is 28.7 Å². The predicted octanol–water partition coefficient (Wildman–Crippen LogP) is 3.97. The minimum Gasteiger partial charge on any atom is -0.497 e. The summed E-state index contributed by atoms with van der Waals surface area (Å²) in [6, 6.07) is 12.1. The molecular weight excluding hydrogens is 660 g/mol. The van der Waals surface area contributed by atoms with Gasteiger partial charge in [0.15, 0.2) is 17.1 Å². The molecular formula is C39H50N8O5. The van der Waals surface area contributed by atoms with Gasteiger partial charge < -0.3 is 33.8 Å². The molecule has 4 heterocycles. The number of methoxy groups -OCH3 is 3. The third-order valence-corrected chi connectivity index (χ3v) is 11.2. The van der Waals surface area contributed by atoms with E-state index >= 15 is 0 Å². The summed E-state index contributed by atoms with van der Waals surface area (Å²) in [6.07, 6.45) is 7.58. The van der Waals surface area contributed by atoms with Crippen LogP contribution in [-0.2, 0) is 28.1 Å². The third kappa shape index (κ3) is 6.73. The third-order valence-electron chi connectivity index (χ3n) is 11.2. The second kappa shape index (κ2) is 15.0. The number of anilines is 1. The number of piperazine rings is 1. The summed E-state index contributed by atoms with van der Waals surface area (Å²) in [7, 11) is 8.96. The second-order valence-corrected chi connectivity index (χ2v) is 14.4. The van der Waals surface area contributed by atoms with Crippen LogP contribution in [0.4, 0.5) is 5.82 Å². The van der Waals surface area contributed by atoms with Crippen LogP contribution in [-0.4, -0.2) is 121 Å². The lowest BCUT2D eigenvalue weighted by molar-refractivity contribution is -0.144. The molecule has 2 aromatic heterocycles. The first-order valence-electron chi connectivity index (χ1n) is 18.3. The molecule has 3 aliphatic rings. The molecule has 2 amide bonds. The first kappa shape index (κ1) is 35.5. The van der Waals surface area contributed by atoms with E-state index in [9.17, 15) is 9.59 Å². The monoisotopic (exact) mass is 710 g/mol. The Morgan fingerprint density at radius 3 is 2.38 bits per heavy atom. The van der Waals surface area contributed by atoms with Crippen LogP contribution in [0, 0.1) is 5.92 Å². The topological polar surface area (TPSA) is 118 Å². The van der Waals surface area contributed by atoms with Gasteiger partial charge in [-0.15, -0.1) is 0 Å². The van der Waals surface area contributed by atoms with Gasteiger partial charge in [0.1, 0.15) is 17.9 Å². The average molecular weight is 711 g/mol. The van der Waals surface area contributed by atoms with Crippen LogP contribution in [0.1, 0.15) is 48.8 Å². The summed E-state index contributed by atoms with van der Waals surface area (Å²) in [6.45, 7) is 4.53. The summed E-state index contributed by atoms with van der Waals surface area (Å²) in [5.41, 5.74) is 3.71. The van der Waals surface area contributed by atoms with Gasteiger partial charge in [0.2, 0.25) is 11.8 Å². The fraction of sp³-hybridized carbons (Fsp3) is 0.513. The van der Waals surface area contributed by atoms with Crippen molar-refractivity contribution in [1.29, 1.82) is 0 Å². The second-order valence-electron chi connectivity index (χ2n) is 14.4. The number of carbonyl (C=O) groups is 2. The highest BCUT2D eigenvalue weighted by Crippen LogP contribution is 2.50. The zero-order valence-corrected chi connectivity index (χ0v) is 31.0. The largest absolute Gasteiger partial charge is 0.497 e. The van der Waals surface area contributed by atoms with Crippen molar-refractivity contribution in [2.75, 3.05) is 79.6 Å². The van der Waals surface area contributed by atoms with Gasteiger partial charge in [0.05, 0.1) is 45.0 Å². The van der Waals surface area contributed by atoms with Crippen LogP contribution in [0.25, 0.3) is 11.0 Å². The molecule has 2 aromatic carbocycles. The SMILES string of the molecule is COc1cccc(Cn2ncc3c(N4CCN(C(=O)[C@H]5CC[C@]6(CC5)c5cc(OC)c(OC)cc5CCN6C(=O)CCN(C)C)CC4)ncnc32)c1. The summed E-state index contributed by atoms with van der Waals surface area (Å²) >= 11 is 0. The van der Waals surface area contributed by atoms with E-state index in [-0.39, 0.29) is 17.7 Å². The maximum atomic E-state index is 14.1. The van der Waals surface area contributed by atoms with E-state index in [4.69, 9.17) is 14.2 Å². The number of rotatable bonds is 10. The van der Waals surface area contributed by atoms with Gasteiger partial charge in [0.25, 0.3) is 0 Å². The number of ether oxygens (including phenoxy) is 3. The number of hydrogen-bond donors (Lipinski definition) is 0. The smallest absolute Gasteiger partial charge is 0.225 e.